The normalized spacial score (nSPS) is 11.1. The van der Waals surface area contributed by atoms with Crippen molar-refractivity contribution in [1.29, 1.82) is 0 Å². The number of nitrogens with zero attached hydrogens (tertiary/aromatic N) is 1. The monoisotopic (exact) mass is 491 g/mol. The van der Waals surface area contributed by atoms with Crippen LogP contribution in [0, 0.1) is 6.92 Å². The summed E-state index contributed by atoms with van der Waals surface area (Å²) in [5.41, 5.74) is 4.00. The molecule has 3 aromatic carbocycles. The van der Waals surface area contributed by atoms with E-state index in [-0.39, 0.29) is 0 Å². The number of aliphatic imine (C=N–C) groups is 1. The van der Waals surface area contributed by atoms with Crippen LogP contribution in [0.2, 0.25) is 5.02 Å². The molecular formula is C21H16Br2ClNO. The molecule has 0 spiro atoms. The molecule has 132 valence electrons. The van der Waals surface area contributed by atoms with Crippen molar-refractivity contribution in [1.82, 2.24) is 0 Å². The minimum absolute atomic E-state index is 0.507. The van der Waals surface area contributed by atoms with E-state index < -0.39 is 0 Å². The lowest BCUT2D eigenvalue weighted by Gasteiger charge is -2.11. The highest BCUT2D eigenvalue weighted by atomic mass is 79.9. The molecule has 0 amide bonds. The van der Waals surface area contributed by atoms with Crippen molar-refractivity contribution in [3.05, 3.63) is 91.3 Å². The van der Waals surface area contributed by atoms with Gasteiger partial charge in [0.05, 0.1) is 14.6 Å². The molecule has 5 heteroatoms. The maximum Gasteiger partial charge on any atom is 0.148 e. The van der Waals surface area contributed by atoms with Gasteiger partial charge in [-0.15, -0.1) is 0 Å². The first-order chi connectivity index (χ1) is 12.5. The lowest BCUT2D eigenvalue weighted by Crippen LogP contribution is -1.97. The zero-order chi connectivity index (χ0) is 18.5. The van der Waals surface area contributed by atoms with Gasteiger partial charge in [-0.1, -0.05) is 48.0 Å². The van der Waals surface area contributed by atoms with E-state index in [1.54, 1.807) is 0 Å². The minimum atomic E-state index is 0.507. The van der Waals surface area contributed by atoms with Gasteiger partial charge in [0.2, 0.25) is 0 Å². The van der Waals surface area contributed by atoms with Crippen molar-refractivity contribution >= 4 is 55.4 Å². The predicted octanol–water partition coefficient (Wildman–Crippen LogP) is 7.50. The number of hydrogen-bond acceptors (Lipinski definition) is 2. The van der Waals surface area contributed by atoms with E-state index in [1.165, 1.54) is 0 Å². The molecule has 0 aromatic heterocycles. The molecule has 0 N–H and O–H groups in total. The molecule has 0 unspecified atom stereocenters. The first kappa shape index (κ1) is 19.2. The Morgan fingerprint density at radius 2 is 1.69 bits per heavy atom. The van der Waals surface area contributed by atoms with Crippen LogP contribution in [0.1, 0.15) is 16.7 Å². The van der Waals surface area contributed by atoms with Crippen molar-refractivity contribution in [3.63, 3.8) is 0 Å². The maximum absolute atomic E-state index is 6.05. The molecule has 0 atom stereocenters. The van der Waals surface area contributed by atoms with E-state index in [0.717, 1.165) is 37.1 Å². The fourth-order valence-electron chi connectivity index (χ4n) is 2.39. The standard InChI is InChI=1S/C21H16Br2ClNO/c1-14-7-8-17(24)11-20(14)25-12-16-9-18(22)21(19(23)10-16)26-13-15-5-3-2-4-6-15/h2-12H,13H2,1H3. The van der Waals surface area contributed by atoms with Gasteiger partial charge in [0.15, 0.2) is 0 Å². The Hall–Kier alpha value is -1.62. The molecule has 0 aliphatic heterocycles. The van der Waals surface area contributed by atoms with Crippen molar-refractivity contribution in [2.75, 3.05) is 0 Å². The van der Waals surface area contributed by atoms with Crippen LogP contribution in [0.15, 0.2) is 74.6 Å². The first-order valence-corrected chi connectivity index (χ1v) is 9.95. The summed E-state index contributed by atoms with van der Waals surface area (Å²) in [6.45, 7) is 2.52. The van der Waals surface area contributed by atoms with Crippen molar-refractivity contribution in [3.8, 4) is 5.75 Å². The molecular weight excluding hydrogens is 477 g/mol. The summed E-state index contributed by atoms with van der Waals surface area (Å²) < 4.78 is 7.69. The van der Waals surface area contributed by atoms with E-state index in [0.29, 0.717) is 11.6 Å². The largest absolute Gasteiger partial charge is 0.487 e. The lowest BCUT2D eigenvalue weighted by atomic mass is 10.2. The molecule has 0 saturated heterocycles. The van der Waals surface area contributed by atoms with Crippen LogP contribution < -0.4 is 4.74 Å². The van der Waals surface area contributed by atoms with Gasteiger partial charge in [-0.25, -0.2) is 0 Å². The summed E-state index contributed by atoms with van der Waals surface area (Å²) in [6, 6.07) is 19.7. The quantitative estimate of drug-likeness (QED) is 0.337. The van der Waals surface area contributed by atoms with E-state index in [2.05, 4.69) is 36.9 Å². The number of hydrogen-bond donors (Lipinski definition) is 0. The second-order valence-corrected chi connectivity index (χ2v) is 7.92. The molecule has 2 nitrogen and oxygen atoms in total. The zero-order valence-corrected chi connectivity index (χ0v) is 18.0. The third-order valence-corrected chi connectivity index (χ3v) is 5.18. The first-order valence-electron chi connectivity index (χ1n) is 7.99. The van der Waals surface area contributed by atoms with Gasteiger partial charge in [-0.2, -0.15) is 0 Å². The summed E-state index contributed by atoms with van der Waals surface area (Å²) in [6.07, 6.45) is 1.81. The minimum Gasteiger partial charge on any atom is -0.487 e. The van der Waals surface area contributed by atoms with Crippen molar-refractivity contribution in [2.24, 2.45) is 4.99 Å². The highest BCUT2D eigenvalue weighted by Gasteiger charge is 2.09. The number of benzene rings is 3. The van der Waals surface area contributed by atoms with Crippen LogP contribution in [0.25, 0.3) is 0 Å². The molecule has 0 radical (unpaired) electrons. The van der Waals surface area contributed by atoms with Crippen LogP contribution in [0.4, 0.5) is 5.69 Å². The van der Waals surface area contributed by atoms with E-state index in [9.17, 15) is 0 Å². The fraction of sp³-hybridized carbons (Fsp3) is 0.0952. The van der Waals surface area contributed by atoms with Crippen LogP contribution in [-0.4, -0.2) is 6.21 Å². The highest BCUT2D eigenvalue weighted by Crippen LogP contribution is 2.35. The summed E-state index contributed by atoms with van der Waals surface area (Å²) in [5.74, 6) is 0.768. The molecule has 0 saturated carbocycles. The zero-order valence-electron chi connectivity index (χ0n) is 14.0. The van der Waals surface area contributed by atoms with Gasteiger partial charge < -0.3 is 4.74 Å². The van der Waals surface area contributed by atoms with Gasteiger partial charge in [0.25, 0.3) is 0 Å². The smallest absolute Gasteiger partial charge is 0.148 e. The van der Waals surface area contributed by atoms with E-state index >= 15 is 0 Å². The Labute approximate surface area is 175 Å². The molecule has 0 aliphatic rings. The number of rotatable bonds is 5. The number of ether oxygens (including phenoxy) is 1. The van der Waals surface area contributed by atoms with Crippen LogP contribution in [0.5, 0.6) is 5.75 Å². The number of aryl methyl sites for hydroxylation is 1. The van der Waals surface area contributed by atoms with Crippen molar-refractivity contribution in [2.45, 2.75) is 13.5 Å². The van der Waals surface area contributed by atoms with Crippen LogP contribution >= 0.6 is 43.5 Å². The van der Waals surface area contributed by atoms with Gasteiger partial charge in [0, 0.05) is 11.2 Å². The molecule has 3 rings (SSSR count). The summed E-state index contributed by atoms with van der Waals surface area (Å²) >= 11 is 13.2. The Kier molecular flexibility index (Phi) is 6.52. The van der Waals surface area contributed by atoms with Gasteiger partial charge >= 0.3 is 0 Å². The Morgan fingerprint density at radius 1 is 1.00 bits per heavy atom. The lowest BCUT2D eigenvalue weighted by molar-refractivity contribution is 0.302. The average Bonchev–Trinajstić information content (AvgIpc) is 2.62. The number of halogens is 3. The molecule has 0 aliphatic carbocycles. The summed E-state index contributed by atoms with van der Waals surface area (Å²) in [5, 5.41) is 0.676. The molecule has 3 aromatic rings. The molecule has 26 heavy (non-hydrogen) atoms. The Bertz CT molecular complexity index is 919. The molecule has 0 bridgehead atoms. The van der Waals surface area contributed by atoms with Gasteiger partial charge in [0.1, 0.15) is 12.4 Å². The van der Waals surface area contributed by atoms with Crippen molar-refractivity contribution < 1.29 is 4.74 Å². The second kappa shape index (κ2) is 8.85. The Morgan fingerprint density at radius 3 is 2.38 bits per heavy atom. The molecule has 0 fully saturated rings. The average molecular weight is 494 g/mol. The SMILES string of the molecule is Cc1ccc(Cl)cc1N=Cc1cc(Br)c(OCc2ccccc2)c(Br)c1. The van der Waals surface area contributed by atoms with Gasteiger partial charge in [-0.3, -0.25) is 4.99 Å². The van der Waals surface area contributed by atoms with Gasteiger partial charge in [-0.05, 0) is 79.7 Å². The van der Waals surface area contributed by atoms with E-state index in [1.807, 2.05) is 73.8 Å². The third-order valence-electron chi connectivity index (χ3n) is 3.77. The van der Waals surface area contributed by atoms with Crippen LogP contribution in [-0.2, 0) is 6.61 Å². The topological polar surface area (TPSA) is 21.6 Å². The predicted molar refractivity (Wildman–Crippen MR) is 116 cm³/mol. The fourth-order valence-corrected chi connectivity index (χ4v) is 4.00. The summed E-state index contributed by atoms with van der Waals surface area (Å²) in [4.78, 5) is 4.55. The second-order valence-electron chi connectivity index (χ2n) is 5.78. The third kappa shape index (κ3) is 4.97. The summed E-state index contributed by atoms with van der Waals surface area (Å²) in [7, 11) is 0. The maximum atomic E-state index is 6.05. The van der Waals surface area contributed by atoms with E-state index in [4.69, 9.17) is 16.3 Å². The molecule has 0 heterocycles. The highest BCUT2D eigenvalue weighted by molar-refractivity contribution is 9.11. The van der Waals surface area contributed by atoms with Crippen LogP contribution in [0.3, 0.4) is 0 Å². The Balaban J connectivity index is 1.78.